The third-order valence-electron chi connectivity index (χ3n) is 2.60. The van der Waals surface area contributed by atoms with Gasteiger partial charge in [0.15, 0.2) is 0 Å². The van der Waals surface area contributed by atoms with Gasteiger partial charge < -0.3 is 5.73 Å². The van der Waals surface area contributed by atoms with Crippen LogP contribution in [0.4, 0.5) is 0 Å². The molecule has 1 aliphatic carbocycles. The fourth-order valence-corrected chi connectivity index (χ4v) is 1.56. The van der Waals surface area contributed by atoms with E-state index in [4.69, 9.17) is 5.73 Å². The lowest BCUT2D eigenvalue weighted by Crippen LogP contribution is -2.21. The zero-order chi connectivity index (χ0) is 8.55. The molecule has 0 saturated heterocycles. The summed E-state index contributed by atoms with van der Waals surface area (Å²) in [5.41, 5.74) is 7.68. The monoisotopic (exact) mass is 166 g/mol. The molecule has 0 unspecified atom stereocenters. The number of rotatable bonds is 2. The highest BCUT2D eigenvalue weighted by molar-refractivity contribution is 5.08. The van der Waals surface area contributed by atoms with Gasteiger partial charge in [0.25, 0.3) is 0 Å². The lowest BCUT2D eigenvalue weighted by molar-refractivity contribution is 0.278. The van der Waals surface area contributed by atoms with Crippen LogP contribution in [0, 0.1) is 6.92 Å². The maximum atomic E-state index is 5.61. The number of aryl methyl sites for hydroxylation is 1. The summed E-state index contributed by atoms with van der Waals surface area (Å²) in [6, 6.07) is 0.574. The molecule has 0 aromatic carbocycles. The molecule has 4 nitrogen and oxygen atoms in total. The third-order valence-corrected chi connectivity index (χ3v) is 2.60. The maximum Gasteiger partial charge on any atom is 0.0841 e. The van der Waals surface area contributed by atoms with Gasteiger partial charge in [-0.05, 0) is 26.2 Å². The van der Waals surface area contributed by atoms with Crippen LogP contribution in [0.15, 0.2) is 0 Å². The number of nitrogens with two attached hydrogens (primary N) is 1. The second-order valence-electron chi connectivity index (χ2n) is 3.35. The molecule has 0 atom stereocenters. The second-order valence-corrected chi connectivity index (χ2v) is 3.35. The van der Waals surface area contributed by atoms with Crippen molar-refractivity contribution in [2.24, 2.45) is 5.73 Å². The first kappa shape index (κ1) is 7.73. The van der Waals surface area contributed by atoms with Crippen molar-refractivity contribution in [3.63, 3.8) is 0 Å². The molecule has 1 fully saturated rings. The van der Waals surface area contributed by atoms with Crippen molar-refractivity contribution < 1.29 is 0 Å². The maximum absolute atomic E-state index is 5.61. The molecule has 0 radical (unpaired) electrons. The molecular weight excluding hydrogens is 152 g/mol. The first-order valence-corrected chi connectivity index (χ1v) is 4.43. The predicted molar refractivity (Wildman–Crippen MR) is 45.5 cm³/mol. The van der Waals surface area contributed by atoms with Gasteiger partial charge >= 0.3 is 0 Å². The highest BCUT2D eigenvalue weighted by atomic mass is 15.4. The van der Waals surface area contributed by atoms with E-state index < -0.39 is 0 Å². The normalized spacial score (nSPS) is 17.8. The first-order chi connectivity index (χ1) is 5.83. The molecule has 1 aromatic rings. The minimum Gasteiger partial charge on any atom is -0.325 e. The lowest BCUT2D eigenvalue weighted by Gasteiger charge is -2.26. The van der Waals surface area contributed by atoms with Crippen molar-refractivity contribution >= 4 is 0 Å². The number of aromatic nitrogens is 3. The van der Waals surface area contributed by atoms with Crippen LogP contribution in [0.3, 0.4) is 0 Å². The van der Waals surface area contributed by atoms with Crippen LogP contribution in [-0.2, 0) is 6.54 Å². The van der Waals surface area contributed by atoms with Gasteiger partial charge in [-0.15, -0.1) is 5.10 Å². The molecule has 1 aromatic heterocycles. The fraction of sp³-hybridized carbons (Fsp3) is 0.750. The summed E-state index contributed by atoms with van der Waals surface area (Å²) in [5.74, 6) is 0. The van der Waals surface area contributed by atoms with Gasteiger partial charge in [0.1, 0.15) is 0 Å². The van der Waals surface area contributed by atoms with Crippen LogP contribution < -0.4 is 5.73 Å². The van der Waals surface area contributed by atoms with E-state index >= 15 is 0 Å². The van der Waals surface area contributed by atoms with E-state index in [1.54, 1.807) is 0 Å². The Hall–Kier alpha value is -0.900. The van der Waals surface area contributed by atoms with E-state index in [0.717, 1.165) is 11.4 Å². The van der Waals surface area contributed by atoms with Gasteiger partial charge in [0, 0.05) is 6.54 Å². The average Bonchev–Trinajstić information content (AvgIpc) is 2.29. The molecule has 1 saturated carbocycles. The van der Waals surface area contributed by atoms with Crippen molar-refractivity contribution in [1.82, 2.24) is 15.0 Å². The third kappa shape index (κ3) is 1.03. The smallest absolute Gasteiger partial charge is 0.0841 e. The van der Waals surface area contributed by atoms with Crippen molar-refractivity contribution in [2.45, 2.75) is 38.8 Å². The first-order valence-electron chi connectivity index (χ1n) is 4.43. The molecule has 66 valence electrons. The van der Waals surface area contributed by atoms with Crippen molar-refractivity contribution in [3.8, 4) is 0 Å². The highest BCUT2D eigenvalue weighted by Gasteiger charge is 2.23. The molecule has 0 aliphatic heterocycles. The van der Waals surface area contributed by atoms with Crippen LogP contribution in [0.5, 0.6) is 0 Å². The van der Waals surface area contributed by atoms with Gasteiger partial charge in [-0.2, -0.15) is 0 Å². The Labute approximate surface area is 71.8 Å². The van der Waals surface area contributed by atoms with Crippen LogP contribution in [0.2, 0.25) is 0 Å². The standard InChI is InChI=1S/C8H14N4/c1-6-8(5-9)12(11-10-6)7-3-2-4-7/h7H,2-5,9H2,1H3. The predicted octanol–water partition coefficient (Wildman–Crippen LogP) is 0.770. The van der Waals surface area contributed by atoms with Crippen LogP contribution in [-0.4, -0.2) is 15.0 Å². The quantitative estimate of drug-likeness (QED) is 0.706. The Morgan fingerprint density at radius 1 is 1.58 bits per heavy atom. The molecule has 2 rings (SSSR count). The Morgan fingerprint density at radius 2 is 2.33 bits per heavy atom. The van der Waals surface area contributed by atoms with Gasteiger partial charge in [0.05, 0.1) is 17.4 Å². The van der Waals surface area contributed by atoms with Crippen molar-refractivity contribution in [2.75, 3.05) is 0 Å². The molecule has 1 heterocycles. The SMILES string of the molecule is Cc1nnn(C2CCC2)c1CN. The molecular formula is C8H14N4. The van der Waals surface area contributed by atoms with Gasteiger partial charge in [0.2, 0.25) is 0 Å². The Kier molecular flexibility index (Phi) is 1.84. The minimum absolute atomic E-state index is 0.551. The van der Waals surface area contributed by atoms with Gasteiger partial charge in [-0.25, -0.2) is 4.68 Å². The number of hydrogen-bond acceptors (Lipinski definition) is 3. The summed E-state index contributed by atoms with van der Waals surface area (Å²) in [6.45, 7) is 2.51. The van der Waals surface area contributed by atoms with E-state index in [9.17, 15) is 0 Å². The summed E-state index contributed by atoms with van der Waals surface area (Å²) in [6.07, 6.45) is 3.78. The summed E-state index contributed by atoms with van der Waals surface area (Å²) >= 11 is 0. The van der Waals surface area contributed by atoms with Crippen LogP contribution in [0.25, 0.3) is 0 Å². The summed E-state index contributed by atoms with van der Waals surface area (Å²) in [4.78, 5) is 0. The summed E-state index contributed by atoms with van der Waals surface area (Å²) < 4.78 is 2.00. The van der Waals surface area contributed by atoms with E-state index in [1.807, 2.05) is 11.6 Å². The molecule has 0 amide bonds. The summed E-state index contributed by atoms with van der Waals surface area (Å²) in [5, 5.41) is 8.12. The van der Waals surface area contributed by atoms with Crippen LogP contribution in [0.1, 0.15) is 36.7 Å². The fourth-order valence-electron chi connectivity index (χ4n) is 1.56. The summed E-state index contributed by atoms with van der Waals surface area (Å²) in [7, 11) is 0. The Morgan fingerprint density at radius 3 is 2.83 bits per heavy atom. The van der Waals surface area contributed by atoms with Crippen LogP contribution >= 0.6 is 0 Å². The van der Waals surface area contributed by atoms with Gasteiger partial charge in [-0.3, -0.25) is 0 Å². The van der Waals surface area contributed by atoms with E-state index in [1.165, 1.54) is 19.3 Å². The zero-order valence-electron chi connectivity index (χ0n) is 7.32. The van der Waals surface area contributed by atoms with E-state index in [-0.39, 0.29) is 0 Å². The number of hydrogen-bond donors (Lipinski definition) is 1. The van der Waals surface area contributed by atoms with E-state index in [2.05, 4.69) is 10.3 Å². The molecule has 0 spiro atoms. The lowest BCUT2D eigenvalue weighted by atomic mass is 9.93. The van der Waals surface area contributed by atoms with Crippen molar-refractivity contribution in [1.29, 1.82) is 0 Å². The molecule has 4 heteroatoms. The van der Waals surface area contributed by atoms with E-state index in [0.29, 0.717) is 12.6 Å². The largest absolute Gasteiger partial charge is 0.325 e. The average molecular weight is 166 g/mol. The minimum atomic E-state index is 0.551. The molecule has 12 heavy (non-hydrogen) atoms. The second kappa shape index (κ2) is 2.86. The number of nitrogens with zero attached hydrogens (tertiary/aromatic N) is 3. The molecule has 0 bridgehead atoms. The van der Waals surface area contributed by atoms with Crippen molar-refractivity contribution in [3.05, 3.63) is 11.4 Å². The van der Waals surface area contributed by atoms with Gasteiger partial charge in [-0.1, -0.05) is 5.21 Å². The zero-order valence-corrected chi connectivity index (χ0v) is 7.32. The Balaban J connectivity index is 2.29. The Bertz CT molecular complexity index is 275. The molecule has 2 N–H and O–H groups in total. The highest BCUT2D eigenvalue weighted by Crippen LogP contribution is 2.31. The topological polar surface area (TPSA) is 56.7 Å². The molecule has 1 aliphatic rings.